The Labute approximate surface area is 150 Å². The van der Waals surface area contributed by atoms with E-state index in [0.29, 0.717) is 0 Å². The van der Waals surface area contributed by atoms with E-state index in [1.807, 2.05) is 5.32 Å². The zero-order chi connectivity index (χ0) is 21.2. The fourth-order valence-corrected chi connectivity index (χ4v) is 2.09. The number of benzene rings is 1. The van der Waals surface area contributed by atoms with Gasteiger partial charge in [0, 0.05) is 6.42 Å². The minimum Gasteiger partial charge on any atom is -0.480 e. The Bertz CT molecular complexity index is 706. The molecule has 0 saturated carbocycles. The third-order valence-corrected chi connectivity index (χ3v) is 3.12. The normalized spacial score (nSPS) is 13.8. The quantitative estimate of drug-likeness (QED) is 0.740. The van der Waals surface area contributed by atoms with Crippen LogP contribution in [-0.4, -0.2) is 28.8 Å². The van der Waals surface area contributed by atoms with Gasteiger partial charge in [0.15, 0.2) is 0 Å². The molecule has 1 atom stereocenters. The molecule has 1 amide bonds. The maximum absolute atomic E-state index is 12.9. The number of alkyl carbamates (subject to hydrolysis) is 1. The number of aliphatic carboxylic acids is 1. The maximum Gasteiger partial charge on any atom is 0.417 e. The lowest BCUT2D eigenvalue weighted by Crippen LogP contribution is -2.44. The molecule has 0 bridgehead atoms. The Hall–Kier alpha value is -2.46. The minimum absolute atomic E-state index is 0.218. The van der Waals surface area contributed by atoms with Gasteiger partial charge in [-0.2, -0.15) is 26.3 Å². The Morgan fingerprint density at radius 2 is 1.56 bits per heavy atom. The molecule has 0 heterocycles. The Morgan fingerprint density at radius 1 is 1.04 bits per heavy atom. The molecular weight excluding hydrogens is 384 g/mol. The standard InChI is InChI=1S/C16H17F6NO4/c1-14(2,3)27-13(26)23-11(12(24)25)7-8-4-5-9(15(17,18)19)10(6-8)16(20,21)22/h4-6,11H,7H2,1-3H3,(H,23,26)(H,24,25)/t11-/m0/s1. The van der Waals surface area contributed by atoms with Crippen LogP contribution >= 0.6 is 0 Å². The first-order valence-corrected chi connectivity index (χ1v) is 7.50. The van der Waals surface area contributed by atoms with E-state index in [4.69, 9.17) is 9.84 Å². The topological polar surface area (TPSA) is 75.6 Å². The summed E-state index contributed by atoms with van der Waals surface area (Å²) in [4.78, 5) is 22.9. The molecule has 0 unspecified atom stereocenters. The minimum atomic E-state index is -5.29. The number of carboxylic acid groups (broad SMARTS) is 1. The fraction of sp³-hybridized carbons (Fsp3) is 0.500. The molecule has 0 saturated heterocycles. The molecular formula is C16H17F6NO4. The second-order valence-corrected chi connectivity index (χ2v) is 6.62. The van der Waals surface area contributed by atoms with Crippen LogP contribution in [0.15, 0.2) is 18.2 Å². The number of carboxylic acids is 1. The van der Waals surface area contributed by atoms with Crippen LogP contribution < -0.4 is 5.32 Å². The molecule has 0 aromatic heterocycles. The Morgan fingerprint density at radius 3 is 1.96 bits per heavy atom. The summed E-state index contributed by atoms with van der Waals surface area (Å²) >= 11 is 0. The smallest absolute Gasteiger partial charge is 0.417 e. The molecule has 0 aliphatic heterocycles. The van der Waals surface area contributed by atoms with Crippen LogP contribution in [0.3, 0.4) is 0 Å². The average Bonchev–Trinajstić information content (AvgIpc) is 2.42. The molecule has 11 heteroatoms. The van der Waals surface area contributed by atoms with Gasteiger partial charge in [-0.15, -0.1) is 0 Å². The summed E-state index contributed by atoms with van der Waals surface area (Å²) in [5.74, 6) is -1.59. The lowest BCUT2D eigenvalue weighted by Gasteiger charge is -2.22. The number of hydrogen-bond acceptors (Lipinski definition) is 3. The highest BCUT2D eigenvalue weighted by molar-refractivity contribution is 5.80. The molecule has 152 valence electrons. The van der Waals surface area contributed by atoms with Crippen LogP contribution in [0.5, 0.6) is 0 Å². The Kier molecular flexibility index (Phi) is 6.40. The van der Waals surface area contributed by atoms with Crippen molar-refractivity contribution >= 4 is 12.1 Å². The molecule has 2 N–H and O–H groups in total. The van der Waals surface area contributed by atoms with Crippen molar-refractivity contribution in [1.29, 1.82) is 0 Å². The van der Waals surface area contributed by atoms with E-state index in [9.17, 15) is 35.9 Å². The second kappa shape index (κ2) is 7.65. The van der Waals surface area contributed by atoms with Crippen molar-refractivity contribution in [2.24, 2.45) is 0 Å². The van der Waals surface area contributed by atoms with E-state index >= 15 is 0 Å². The summed E-state index contributed by atoms with van der Waals surface area (Å²) in [6.45, 7) is 4.52. The number of ether oxygens (including phenoxy) is 1. The number of carbonyl (C=O) groups excluding carboxylic acids is 1. The van der Waals surface area contributed by atoms with Crippen molar-refractivity contribution in [2.45, 2.75) is 51.2 Å². The number of amides is 1. The van der Waals surface area contributed by atoms with E-state index in [1.165, 1.54) is 20.8 Å². The van der Waals surface area contributed by atoms with Crippen LogP contribution in [-0.2, 0) is 28.3 Å². The summed E-state index contributed by atoms with van der Waals surface area (Å²) in [6, 6.07) is -0.525. The van der Waals surface area contributed by atoms with Gasteiger partial charge < -0.3 is 15.2 Å². The summed E-state index contributed by atoms with van der Waals surface area (Å²) in [7, 11) is 0. The number of halogens is 6. The summed E-state index contributed by atoms with van der Waals surface area (Å²) in [5.41, 5.74) is -5.12. The largest absolute Gasteiger partial charge is 0.480 e. The van der Waals surface area contributed by atoms with Gasteiger partial charge in [0.2, 0.25) is 0 Å². The van der Waals surface area contributed by atoms with Gasteiger partial charge in [0.1, 0.15) is 11.6 Å². The Balaban J connectivity index is 3.14. The predicted molar refractivity (Wildman–Crippen MR) is 80.9 cm³/mol. The SMILES string of the molecule is CC(C)(C)OC(=O)N[C@@H](Cc1ccc(C(F)(F)F)c(C(F)(F)F)c1)C(=O)O. The van der Waals surface area contributed by atoms with Gasteiger partial charge in [0.05, 0.1) is 11.1 Å². The third kappa shape index (κ3) is 6.99. The molecule has 1 aromatic carbocycles. The summed E-state index contributed by atoms with van der Waals surface area (Å²) in [6.07, 6.45) is -12.3. The summed E-state index contributed by atoms with van der Waals surface area (Å²) in [5, 5.41) is 11.1. The lowest BCUT2D eigenvalue weighted by molar-refractivity contribution is -0.162. The van der Waals surface area contributed by atoms with E-state index in [2.05, 4.69) is 0 Å². The lowest BCUT2D eigenvalue weighted by atomic mass is 9.98. The number of hydrogen-bond donors (Lipinski definition) is 2. The van der Waals surface area contributed by atoms with Crippen LogP contribution in [0.1, 0.15) is 37.5 Å². The van der Waals surface area contributed by atoms with Crippen LogP contribution in [0.25, 0.3) is 0 Å². The van der Waals surface area contributed by atoms with E-state index < -0.39 is 53.6 Å². The first-order chi connectivity index (χ1) is 12.0. The van der Waals surface area contributed by atoms with Crippen molar-refractivity contribution in [1.82, 2.24) is 5.32 Å². The van der Waals surface area contributed by atoms with Crippen LogP contribution in [0.4, 0.5) is 31.1 Å². The molecule has 1 aromatic rings. The molecule has 0 fully saturated rings. The number of alkyl halides is 6. The van der Waals surface area contributed by atoms with E-state index in [0.717, 1.165) is 6.07 Å². The molecule has 0 aliphatic rings. The summed E-state index contributed by atoms with van der Waals surface area (Å²) < 4.78 is 82.0. The zero-order valence-electron chi connectivity index (χ0n) is 14.5. The first-order valence-electron chi connectivity index (χ1n) is 7.50. The van der Waals surface area contributed by atoms with Gasteiger partial charge >= 0.3 is 24.4 Å². The van der Waals surface area contributed by atoms with Gasteiger partial charge in [-0.05, 0) is 38.5 Å². The monoisotopic (exact) mass is 401 g/mol. The number of rotatable bonds is 4. The average molecular weight is 401 g/mol. The van der Waals surface area contributed by atoms with Crippen molar-refractivity contribution in [3.63, 3.8) is 0 Å². The highest BCUT2D eigenvalue weighted by Gasteiger charge is 2.43. The van der Waals surface area contributed by atoms with Crippen LogP contribution in [0, 0.1) is 0 Å². The van der Waals surface area contributed by atoms with Gasteiger partial charge in [-0.3, -0.25) is 0 Å². The zero-order valence-corrected chi connectivity index (χ0v) is 14.5. The highest BCUT2D eigenvalue weighted by atomic mass is 19.4. The third-order valence-electron chi connectivity index (χ3n) is 3.12. The van der Waals surface area contributed by atoms with Crippen molar-refractivity contribution < 1.29 is 45.8 Å². The van der Waals surface area contributed by atoms with Crippen molar-refractivity contribution in [3.8, 4) is 0 Å². The number of carbonyl (C=O) groups is 2. The van der Waals surface area contributed by atoms with E-state index in [-0.39, 0.29) is 17.7 Å². The van der Waals surface area contributed by atoms with Crippen molar-refractivity contribution in [2.75, 3.05) is 0 Å². The van der Waals surface area contributed by atoms with Gasteiger partial charge in [0.25, 0.3) is 0 Å². The molecule has 0 spiro atoms. The predicted octanol–water partition coefficient (Wildman–Crippen LogP) is 4.24. The first kappa shape index (κ1) is 22.6. The van der Waals surface area contributed by atoms with E-state index in [1.54, 1.807) is 0 Å². The number of nitrogens with one attached hydrogen (secondary N) is 1. The van der Waals surface area contributed by atoms with Gasteiger partial charge in [-0.25, -0.2) is 9.59 Å². The fourth-order valence-electron chi connectivity index (χ4n) is 2.09. The maximum atomic E-state index is 12.9. The molecule has 0 aliphatic carbocycles. The van der Waals surface area contributed by atoms with Gasteiger partial charge in [-0.1, -0.05) is 6.07 Å². The van der Waals surface area contributed by atoms with Crippen LogP contribution in [0.2, 0.25) is 0 Å². The molecule has 0 radical (unpaired) electrons. The highest BCUT2D eigenvalue weighted by Crippen LogP contribution is 2.40. The molecule has 27 heavy (non-hydrogen) atoms. The molecule has 5 nitrogen and oxygen atoms in total. The van der Waals surface area contributed by atoms with Crippen molar-refractivity contribution in [3.05, 3.63) is 34.9 Å². The molecule has 1 rings (SSSR count). The second-order valence-electron chi connectivity index (χ2n) is 6.62.